The van der Waals surface area contributed by atoms with Crippen LogP contribution in [0.15, 0.2) is 0 Å². The van der Waals surface area contributed by atoms with E-state index >= 15 is 0 Å². The van der Waals surface area contributed by atoms with Gasteiger partial charge in [-0.15, -0.1) is 0 Å². The Morgan fingerprint density at radius 1 is 1.57 bits per heavy atom. The van der Waals surface area contributed by atoms with E-state index in [1.807, 2.05) is 21.0 Å². The predicted octanol–water partition coefficient (Wildman–Crippen LogP) is 1.21. The zero-order valence-corrected chi connectivity index (χ0v) is 5.10. The van der Waals surface area contributed by atoms with Gasteiger partial charge >= 0.3 is 6.07 Å². The summed E-state index contributed by atoms with van der Waals surface area (Å²) in [6.45, 7) is 2.01. The maximum atomic E-state index is 3.83. The largest absolute Gasteiger partial charge is 0.318 e. The van der Waals surface area contributed by atoms with Gasteiger partial charge in [0.25, 0.3) is 0 Å². The zero-order chi connectivity index (χ0) is 5.70. The lowest BCUT2D eigenvalue weighted by atomic mass is 10.6. The molecule has 0 aromatic carbocycles. The predicted molar refractivity (Wildman–Crippen MR) is 31.2 cm³/mol. The van der Waals surface area contributed by atoms with E-state index in [1.54, 1.807) is 5.01 Å². The molecule has 0 aliphatic rings. The molecule has 0 radical (unpaired) electrons. The summed E-state index contributed by atoms with van der Waals surface area (Å²) in [5, 5.41) is 1.73. The SMILES string of the molecule is CCC#[N+]N(C)C. The second-order valence-electron chi connectivity index (χ2n) is 1.46. The van der Waals surface area contributed by atoms with E-state index in [4.69, 9.17) is 0 Å². The van der Waals surface area contributed by atoms with E-state index in [0.717, 1.165) is 6.42 Å². The molecular weight excluding hydrogens is 88.1 g/mol. The van der Waals surface area contributed by atoms with Gasteiger partial charge < -0.3 is 0 Å². The molecule has 0 unspecified atom stereocenters. The smallest absolute Gasteiger partial charge is 0.0755 e. The van der Waals surface area contributed by atoms with Crippen LogP contribution >= 0.6 is 0 Å². The van der Waals surface area contributed by atoms with Gasteiger partial charge in [0, 0.05) is 0 Å². The Balaban J connectivity index is 3.24. The summed E-state index contributed by atoms with van der Waals surface area (Å²) in [5.74, 6) is 0. The van der Waals surface area contributed by atoms with Crippen LogP contribution < -0.4 is 0 Å². The highest BCUT2D eigenvalue weighted by atomic mass is 15.4. The molecule has 0 aromatic rings. The fraction of sp³-hybridized carbons (Fsp3) is 0.800. The average Bonchev–Trinajstić information content (AvgIpc) is 1.61. The summed E-state index contributed by atoms with van der Waals surface area (Å²) in [5.41, 5.74) is 0. The second kappa shape index (κ2) is 3.48. The third-order valence-electron chi connectivity index (χ3n) is 0.429. The van der Waals surface area contributed by atoms with E-state index < -0.39 is 0 Å². The maximum Gasteiger partial charge on any atom is 0.318 e. The Morgan fingerprint density at radius 3 is 2.29 bits per heavy atom. The third-order valence-corrected chi connectivity index (χ3v) is 0.429. The third kappa shape index (κ3) is 5.29. The van der Waals surface area contributed by atoms with Crippen molar-refractivity contribution >= 4 is 0 Å². The molecule has 0 aromatic heterocycles. The van der Waals surface area contributed by atoms with E-state index in [2.05, 4.69) is 11.0 Å². The minimum absolute atomic E-state index is 0.887. The summed E-state index contributed by atoms with van der Waals surface area (Å²) in [6.07, 6.45) is 0.887. The number of hydrogen-bond donors (Lipinski definition) is 0. The Kier molecular flexibility index (Phi) is 3.13. The quantitative estimate of drug-likeness (QED) is 0.414. The van der Waals surface area contributed by atoms with Crippen molar-refractivity contribution in [2.75, 3.05) is 14.1 Å². The van der Waals surface area contributed by atoms with Crippen LogP contribution in [0.25, 0.3) is 4.95 Å². The van der Waals surface area contributed by atoms with Crippen molar-refractivity contribution in [2.45, 2.75) is 13.3 Å². The van der Waals surface area contributed by atoms with Crippen LogP contribution in [0, 0.1) is 6.07 Å². The molecule has 0 N–H and O–H groups in total. The molecule has 0 heterocycles. The Labute approximate surface area is 44.5 Å². The fourth-order valence-corrected chi connectivity index (χ4v) is 0.212. The lowest BCUT2D eigenvalue weighted by molar-refractivity contribution is 0.556. The molecule has 2 heteroatoms. The van der Waals surface area contributed by atoms with E-state index in [1.165, 1.54) is 0 Å². The number of hydrogen-bond acceptors (Lipinski definition) is 1. The lowest BCUT2D eigenvalue weighted by Gasteiger charge is -1.78. The average molecular weight is 99.2 g/mol. The van der Waals surface area contributed by atoms with Crippen LogP contribution in [0.3, 0.4) is 0 Å². The molecule has 0 atom stereocenters. The first-order chi connectivity index (χ1) is 3.27. The van der Waals surface area contributed by atoms with Crippen molar-refractivity contribution in [1.82, 2.24) is 5.01 Å². The van der Waals surface area contributed by atoms with Gasteiger partial charge in [-0.25, -0.2) is 0 Å². The highest BCUT2D eigenvalue weighted by Crippen LogP contribution is 1.74. The molecule has 2 nitrogen and oxygen atoms in total. The monoisotopic (exact) mass is 99.1 g/mol. The molecule has 7 heavy (non-hydrogen) atoms. The van der Waals surface area contributed by atoms with Gasteiger partial charge in [0.2, 0.25) is 0 Å². The summed E-state index contributed by atoms with van der Waals surface area (Å²) < 4.78 is 0. The molecule has 0 bridgehead atoms. The van der Waals surface area contributed by atoms with E-state index in [9.17, 15) is 0 Å². The van der Waals surface area contributed by atoms with Crippen molar-refractivity contribution in [1.29, 1.82) is 0 Å². The normalized spacial score (nSPS) is 6.71. The van der Waals surface area contributed by atoms with Crippen LogP contribution in [0.2, 0.25) is 0 Å². The molecule has 0 amide bonds. The molecule has 0 saturated heterocycles. The van der Waals surface area contributed by atoms with E-state index in [-0.39, 0.29) is 0 Å². The van der Waals surface area contributed by atoms with Gasteiger partial charge in [0.1, 0.15) is 0 Å². The summed E-state index contributed by atoms with van der Waals surface area (Å²) in [4.78, 5) is 3.83. The zero-order valence-electron chi connectivity index (χ0n) is 5.10. The van der Waals surface area contributed by atoms with Crippen LogP contribution in [0.5, 0.6) is 0 Å². The maximum absolute atomic E-state index is 3.83. The molecule has 0 fully saturated rings. The standard InChI is InChI=1S/C5H11N2/c1-4-5-6-7(2)3/h4H2,1-3H3/q+1. The topological polar surface area (TPSA) is 7.60 Å². The number of rotatable bonds is 0. The highest BCUT2D eigenvalue weighted by Gasteiger charge is 1.84. The molecular formula is C5H11N2+. The van der Waals surface area contributed by atoms with Gasteiger partial charge in [-0.05, 0) is 6.92 Å². The van der Waals surface area contributed by atoms with Gasteiger partial charge in [-0.2, -0.15) is 0 Å². The van der Waals surface area contributed by atoms with Crippen molar-refractivity contribution in [3.05, 3.63) is 4.95 Å². The number of nitrogens with zero attached hydrogens (tertiary/aromatic N) is 2. The Bertz CT molecular complexity index is 86.0. The first kappa shape index (κ1) is 6.29. The minimum Gasteiger partial charge on any atom is -0.0755 e. The molecule has 0 aliphatic carbocycles. The summed E-state index contributed by atoms with van der Waals surface area (Å²) >= 11 is 0. The van der Waals surface area contributed by atoms with Gasteiger partial charge in [-0.3, -0.25) is 0 Å². The lowest BCUT2D eigenvalue weighted by Crippen LogP contribution is -1.96. The van der Waals surface area contributed by atoms with Crippen molar-refractivity contribution < 1.29 is 0 Å². The molecule has 0 rings (SSSR count). The van der Waals surface area contributed by atoms with Crippen LogP contribution in [-0.2, 0) is 0 Å². The van der Waals surface area contributed by atoms with Crippen LogP contribution in [0.4, 0.5) is 0 Å². The van der Waals surface area contributed by atoms with Crippen LogP contribution in [0.1, 0.15) is 13.3 Å². The first-order valence-electron chi connectivity index (χ1n) is 2.38. The van der Waals surface area contributed by atoms with Crippen molar-refractivity contribution in [2.24, 2.45) is 0 Å². The van der Waals surface area contributed by atoms with E-state index in [0.29, 0.717) is 0 Å². The second-order valence-corrected chi connectivity index (χ2v) is 1.46. The minimum atomic E-state index is 0.887. The van der Waals surface area contributed by atoms with Crippen molar-refractivity contribution in [3.63, 3.8) is 0 Å². The molecule has 40 valence electrons. The van der Waals surface area contributed by atoms with Gasteiger partial charge in [0.15, 0.2) is 0 Å². The molecule has 0 saturated carbocycles. The Morgan fingerprint density at radius 2 is 2.14 bits per heavy atom. The first-order valence-corrected chi connectivity index (χ1v) is 2.38. The molecule has 0 spiro atoms. The van der Waals surface area contributed by atoms with Gasteiger partial charge in [0.05, 0.1) is 25.5 Å². The van der Waals surface area contributed by atoms with Crippen LogP contribution in [-0.4, -0.2) is 19.1 Å². The summed E-state index contributed by atoms with van der Waals surface area (Å²) in [7, 11) is 3.76. The highest BCUT2D eigenvalue weighted by molar-refractivity contribution is 4.79. The molecule has 0 aliphatic heterocycles. The van der Waals surface area contributed by atoms with Crippen molar-refractivity contribution in [3.8, 4) is 6.07 Å². The fourth-order valence-electron chi connectivity index (χ4n) is 0.212. The van der Waals surface area contributed by atoms with Gasteiger partial charge in [-0.1, -0.05) is 5.01 Å². The summed E-state index contributed by atoms with van der Waals surface area (Å²) in [6, 6.07) is 2.80. The Hall–Kier alpha value is -0.710.